The van der Waals surface area contributed by atoms with Gasteiger partial charge in [-0.05, 0) is 56.0 Å². The van der Waals surface area contributed by atoms with Crippen LogP contribution in [0.4, 0.5) is 10.8 Å². The summed E-state index contributed by atoms with van der Waals surface area (Å²) in [5, 5.41) is 6.10. The van der Waals surface area contributed by atoms with E-state index in [0.29, 0.717) is 29.4 Å². The minimum atomic E-state index is -0.724. The van der Waals surface area contributed by atoms with Crippen LogP contribution in [-0.2, 0) is 29.0 Å². The van der Waals surface area contributed by atoms with Crippen molar-refractivity contribution in [2.45, 2.75) is 58.8 Å². The summed E-state index contributed by atoms with van der Waals surface area (Å²) in [4.78, 5) is 45.0. The Morgan fingerprint density at radius 2 is 1.61 bits per heavy atom. The normalized spacial score (nSPS) is 12.0. The number of benzene rings is 3. The van der Waals surface area contributed by atoms with Crippen molar-refractivity contribution in [3.63, 3.8) is 0 Å². The van der Waals surface area contributed by atoms with Gasteiger partial charge in [0.2, 0.25) is 5.91 Å². The Morgan fingerprint density at radius 1 is 0.976 bits per heavy atom. The van der Waals surface area contributed by atoms with Crippen molar-refractivity contribution in [1.29, 1.82) is 0 Å². The van der Waals surface area contributed by atoms with Gasteiger partial charge in [0.1, 0.15) is 11.6 Å². The maximum Gasteiger partial charge on any atom is 0.407 e. The summed E-state index contributed by atoms with van der Waals surface area (Å²) in [7, 11) is 1.75. The number of carbonyl (C=O) groups is 2. The van der Waals surface area contributed by atoms with Crippen molar-refractivity contribution in [3.8, 4) is 0 Å². The summed E-state index contributed by atoms with van der Waals surface area (Å²) in [6.45, 7) is 7.75. The first-order valence-electron chi connectivity index (χ1n) is 13.5. The van der Waals surface area contributed by atoms with Gasteiger partial charge in [0.25, 0.3) is 6.01 Å². The minimum Gasteiger partial charge on any atom is -0.444 e. The van der Waals surface area contributed by atoms with Crippen LogP contribution in [0.1, 0.15) is 43.0 Å². The van der Waals surface area contributed by atoms with Crippen LogP contribution in [0.5, 0.6) is 0 Å². The average molecular weight is 557 g/mol. The van der Waals surface area contributed by atoms with Crippen molar-refractivity contribution in [2.24, 2.45) is 0 Å². The topological polar surface area (TPSA) is 114 Å². The van der Waals surface area contributed by atoms with Crippen LogP contribution in [0.15, 0.2) is 82.0 Å². The van der Waals surface area contributed by atoms with Gasteiger partial charge in [0.05, 0.1) is 10.9 Å². The molecule has 0 spiro atoms. The van der Waals surface area contributed by atoms with E-state index in [0.717, 1.165) is 16.7 Å². The van der Waals surface area contributed by atoms with Crippen LogP contribution in [-0.4, -0.2) is 40.6 Å². The Labute approximate surface area is 239 Å². The summed E-state index contributed by atoms with van der Waals surface area (Å²) in [6.07, 6.45) is -0.177. The second kappa shape index (κ2) is 12.7. The molecule has 4 rings (SSSR count). The van der Waals surface area contributed by atoms with Gasteiger partial charge < -0.3 is 24.7 Å². The molecule has 1 atom stereocenters. The van der Waals surface area contributed by atoms with Gasteiger partial charge in [0, 0.05) is 26.6 Å². The first-order chi connectivity index (χ1) is 19.5. The smallest absolute Gasteiger partial charge is 0.407 e. The van der Waals surface area contributed by atoms with E-state index >= 15 is 0 Å². The lowest BCUT2D eigenvalue weighted by atomic mass is 10.0. The van der Waals surface area contributed by atoms with Gasteiger partial charge in [-0.2, -0.15) is 4.98 Å². The number of fused-ring (bicyclic) bond motifs is 1. The van der Waals surface area contributed by atoms with Crippen LogP contribution < -0.4 is 16.3 Å². The fraction of sp³-hybridized carbons (Fsp3) is 0.312. The van der Waals surface area contributed by atoms with Gasteiger partial charge >= 0.3 is 11.7 Å². The lowest BCUT2D eigenvalue weighted by Crippen LogP contribution is -2.42. The SMILES string of the molecule is Cc1c(CNC(=O)OC(C)(C)C)ccc2nc(NC(Cc3ccccc3)C(=O)N(C)Cc3ccccc3)oc(=O)c12. The highest BCUT2D eigenvalue weighted by atomic mass is 16.6. The van der Waals surface area contributed by atoms with Crippen LogP contribution >= 0.6 is 0 Å². The monoisotopic (exact) mass is 556 g/mol. The van der Waals surface area contributed by atoms with E-state index < -0.39 is 23.4 Å². The maximum atomic E-state index is 13.6. The lowest BCUT2D eigenvalue weighted by Gasteiger charge is -2.25. The molecule has 0 saturated carbocycles. The standard InChI is InChI=1S/C32H36N4O5/c1-21-24(19-33-31(39)41-32(2,3)4)16-17-25-27(21)29(38)40-30(34-25)35-26(18-22-12-8-6-9-13-22)28(37)36(5)20-23-14-10-7-11-15-23/h6-17,26H,18-20H2,1-5H3,(H,33,39)(H,34,35). The summed E-state index contributed by atoms with van der Waals surface area (Å²) < 4.78 is 10.9. The molecular weight excluding hydrogens is 520 g/mol. The molecular formula is C32H36N4O5. The van der Waals surface area contributed by atoms with E-state index in [-0.39, 0.29) is 18.5 Å². The Morgan fingerprint density at radius 3 is 2.24 bits per heavy atom. The zero-order valence-corrected chi connectivity index (χ0v) is 24.1. The molecule has 2 N–H and O–H groups in total. The molecule has 0 fully saturated rings. The van der Waals surface area contributed by atoms with E-state index in [1.807, 2.05) is 60.7 Å². The Hall–Kier alpha value is -4.66. The third-order valence-electron chi connectivity index (χ3n) is 6.51. The fourth-order valence-electron chi connectivity index (χ4n) is 4.50. The number of aromatic nitrogens is 1. The summed E-state index contributed by atoms with van der Waals surface area (Å²) in [6, 6.07) is 22.1. The van der Waals surface area contributed by atoms with Crippen LogP contribution in [0, 0.1) is 6.92 Å². The van der Waals surface area contributed by atoms with Crippen LogP contribution in [0.25, 0.3) is 10.9 Å². The summed E-state index contributed by atoms with van der Waals surface area (Å²) in [5.74, 6) is -0.165. The van der Waals surface area contributed by atoms with E-state index in [1.165, 1.54) is 0 Å². The van der Waals surface area contributed by atoms with Gasteiger partial charge in [0.15, 0.2) is 0 Å². The third-order valence-corrected chi connectivity index (χ3v) is 6.51. The molecule has 1 unspecified atom stereocenters. The van der Waals surface area contributed by atoms with Gasteiger partial charge in [-0.25, -0.2) is 9.59 Å². The quantitative estimate of drug-likeness (QED) is 0.291. The van der Waals surface area contributed by atoms with Gasteiger partial charge in [-0.1, -0.05) is 66.7 Å². The number of nitrogens with zero attached hydrogens (tertiary/aromatic N) is 2. The van der Waals surface area contributed by atoms with E-state index in [1.54, 1.807) is 51.8 Å². The molecule has 9 heteroatoms. The van der Waals surface area contributed by atoms with Crippen LogP contribution in [0.3, 0.4) is 0 Å². The molecule has 0 bridgehead atoms. The number of nitrogens with one attached hydrogen (secondary N) is 2. The number of hydrogen-bond donors (Lipinski definition) is 2. The molecule has 1 aromatic heterocycles. The zero-order valence-electron chi connectivity index (χ0n) is 24.1. The molecule has 41 heavy (non-hydrogen) atoms. The second-order valence-electron chi connectivity index (χ2n) is 11.0. The third kappa shape index (κ3) is 7.94. The molecule has 0 radical (unpaired) electrons. The second-order valence-corrected chi connectivity index (χ2v) is 11.0. The average Bonchev–Trinajstić information content (AvgIpc) is 2.92. The molecule has 0 aliphatic heterocycles. The number of anilines is 1. The highest BCUT2D eigenvalue weighted by Gasteiger charge is 2.25. The van der Waals surface area contributed by atoms with Crippen molar-refractivity contribution < 1.29 is 18.7 Å². The van der Waals surface area contributed by atoms with Crippen molar-refractivity contribution >= 4 is 28.9 Å². The molecule has 2 amide bonds. The molecule has 4 aromatic rings. The Kier molecular flexibility index (Phi) is 9.07. The molecule has 3 aromatic carbocycles. The number of amides is 2. The van der Waals surface area contributed by atoms with Crippen molar-refractivity contribution in [2.75, 3.05) is 12.4 Å². The van der Waals surface area contributed by atoms with E-state index in [9.17, 15) is 14.4 Å². The number of rotatable bonds is 9. The molecule has 214 valence electrons. The number of likely N-dealkylation sites (N-methyl/N-ethyl adjacent to an activating group) is 1. The highest BCUT2D eigenvalue weighted by Crippen LogP contribution is 2.21. The molecule has 0 aliphatic rings. The highest BCUT2D eigenvalue weighted by molar-refractivity contribution is 5.85. The minimum absolute atomic E-state index is 0.0380. The van der Waals surface area contributed by atoms with Crippen molar-refractivity contribution in [3.05, 3.63) is 105 Å². The lowest BCUT2D eigenvalue weighted by molar-refractivity contribution is -0.131. The number of carbonyl (C=O) groups excluding carboxylic acids is 2. The molecule has 0 saturated heterocycles. The largest absolute Gasteiger partial charge is 0.444 e. The first-order valence-corrected chi connectivity index (χ1v) is 13.5. The first kappa shape index (κ1) is 29.3. The fourth-order valence-corrected chi connectivity index (χ4v) is 4.50. The van der Waals surface area contributed by atoms with E-state index in [2.05, 4.69) is 15.6 Å². The maximum absolute atomic E-state index is 13.6. The molecule has 1 heterocycles. The number of hydrogen-bond acceptors (Lipinski definition) is 7. The summed E-state index contributed by atoms with van der Waals surface area (Å²) >= 11 is 0. The summed E-state index contributed by atoms with van der Waals surface area (Å²) in [5.41, 5.74) is 2.55. The van der Waals surface area contributed by atoms with Crippen LogP contribution in [0.2, 0.25) is 0 Å². The van der Waals surface area contributed by atoms with Crippen molar-refractivity contribution in [1.82, 2.24) is 15.2 Å². The molecule has 0 aliphatic carbocycles. The molecule has 9 nitrogen and oxygen atoms in total. The predicted octanol–water partition coefficient (Wildman–Crippen LogP) is 5.20. The number of ether oxygens (including phenoxy) is 1. The van der Waals surface area contributed by atoms with E-state index in [4.69, 9.17) is 9.15 Å². The van der Waals surface area contributed by atoms with Gasteiger partial charge in [-0.3, -0.25) is 4.79 Å². The Bertz CT molecular complexity index is 1560. The number of aryl methyl sites for hydroxylation is 1. The van der Waals surface area contributed by atoms with Gasteiger partial charge in [-0.15, -0.1) is 0 Å². The Balaban J connectivity index is 1.57. The predicted molar refractivity (Wildman–Crippen MR) is 159 cm³/mol. The zero-order chi connectivity index (χ0) is 29.6. The number of alkyl carbamates (subject to hydrolysis) is 1.